The number of hydrogen-bond donors (Lipinski definition) is 0. The molecule has 0 amide bonds. The van der Waals surface area contributed by atoms with E-state index >= 15 is 0 Å². The minimum Gasteiger partial charge on any atom is -0.459 e. The normalized spacial score (nSPS) is 11.9. The van der Waals surface area contributed by atoms with Crippen LogP contribution in [0.5, 0.6) is 0 Å². The summed E-state index contributed by atoms with van der Waals surface area (Å²) in [4.78, 5) is 21.1. The maximum absolute atomic E-state index is 13.0. The first-order valence-electron chi connectivity index (χ1n) is 4.71. The second-order valence-corrected chi connectivity index (χ2v) is 3.55. The molecule has 0 aromatic heterocycles. The van der Waals surface area contributed by atoms with Gasteiger partial charge in [0.25, 0.3) is 0 Å². The SMILES string of the molecule is C=C(C)C(=O)OCC(F)(F)C(F)(F)COC(C)=O. The molecule has 0 radical (unpaired) electrons. The Morgan fingerprint density at radius 1 is 1.00 bits per heavy atom. The molecule has 0 aliphatic heterocycles. The molecule has 0 heterocycles. The number of carbonyl (C=O) groups is 2. The highest BCUT2D eigenvalue weighted by atomic mass is 19.3. The number of carbonyl (C=O) groups excluding carboxylic acids is 2. The molecule has 0 aromatic carbocycles. The van der Waals surface area contributed by atoms with E-state index in [0.29, 0.717) is 0 Å². The van der Waals surface area contributed by atoms with E-state index in [2.05, 4.69) is 16.1 Å². The minimum atomic E-state index is -4.65. The van der Waals surface area contributed by atoms with Gasteiger partial charge in [0.05, 0.1) is 0 Å². The molecule has 0 aromatic rings. The Morgan fingerprint density at radius 2 is 1.39 bits per heavy atom. The Balaban J connectivity index is 4.54. The maximum atomic E-state index is 13.0. The van der Waals surface area contributed by atoms with Crippen molar-refractivity contribution in [3.05, 3.63) is 12.2 Å². The van der Waals surface area contributed by atoms with E-state index in [0.717, 1.165) is 6.92 Å². The standard InChI is InChI=1S/C10H12F4O4/c1-6(2)8(16)18-5-10(13,14)9(11,12)4-17-7(3)15/h1,4-5H2,2-3H3. The average molecular weight is 272 g/mol. The van der Waals surface area contributed by atoms with Gasteiger partial charge in [0.15, 0.2) is 13.2 Å². The largest absolute Gasteiger partial charge is 0.459 e. The molecule has 4 nitrogen and oxygen atoms in total. The predicted octanol–water partition coefficient (Wildman–Crippen LogP) is 1.94. The molecule has 0 spiro atoms. The lowest BCUT2D eigenvalue weighted by atomic mass is 10.2. The molecular weight excluding hydrogens is 260 g/mol. The van der Waals surface area contributed by atoms with Gasteiger partial charge in [-0.05, 0) is 6.92 Å². The van der Waals surface area contributed by atoms with Crippen LogP contribution in [0.4, 0.5) is 17.6 Å². The molecule has 0 unspecified atom stereocenters. The van der Waals surface area contributed by atoms with Gasteiger partial charge in [-0.3, -0.25) is 4.79 Å². The lowest BCUT2D eigenvalue weighted by Crippen LogP contribution is -2.48. The summed E-state index contributed by atoms with van der Waals surface area (Å²) < 4.78 is 59.8. The fourth-order valence-electron chi connectivity index (χ4n) is 0.683. The van der Waals surface area contributed by atoms with Crippen LogP contribution in [0.25, 0.3) is 0 Å². The summed E-state index contributed by atoms with van der Waals surface area (Å²) in [7, 11) is 0. The molecule has 0 saturated heterocycles. The van der Waals surface area contributed by atoms with Crippen LogP contribution in [0.1, 0.15) is 13.8 Å². The molecule has 104 valence electrons. The van der Waals surface area contributed by atoms with E-state index in [-0.39, 0.29) is 5.57 Å². The molecule has 0 aliphatic rings. The van der Waals surface area contributed by atoms with Crippen molar-refractivity contribution in [2.24, 2.45) is 0 Å². The number of esters is 2. The zero-order chi connectivity index (χ0) is 14.6. The van der Waals surface area contributed by atoms with Crippen LogP contribution < -0.4 is 0 Å². The third-order valence-electron chi connectivity index (χ3n) is 1.72. The first-order valence-corrected chi connectivity index (χ1v) is 4.71. The van der Waals surface area contributed by atoms with Gasteiger partial charge in [-0.25, -0.2) is 4.79 Å². The summed E-state index contributed by atoms with van der Waals surface area (Å²) in [6, 6.07) is 0. The average Bonchev–Trinajstić information content (AvgIpc) is 2.22. The van der Waals surface area contributed by atoms with Gasteiger partial charge in [0.1, 0.15) is 0 Å². The Labute approximate surface area is 101 Å². The van der Waals surface area contributed by atoms with Crippen LogP contribution in [0.2, 0.25) is 0 Å². The fraction of sp³-hybridized carbons (Fsp3) is 0.600. The van der Waals surface area contributed by atoms with Crippen molar-refractivity contribution < 1.29 is 36.6 Å². The molecule has 0 rings (SSSR count). The van der Waals surface area contributed by atoms with Gasteiger partial charge in [-0.15, -0.1) is 0 Å². The Bertz CT molecular complexity index is 352. The Hall–Kier alpha value is -1.60. The molecule has 0 aliphatic carbocycles. The van der Waals surface area contributed by atoms with Crippen molar-refractivity contribution in [3.8, 4) is 0 Å². The lowest BCUT2D eigenvalue weighted by Gasteiger charge is -2.25. The molecule has 0 N–H and O–H groups in total. The number of alkyl halides is 4. The zero-order valence-corrected chi connectivity index (χ0v) is 9.77. The maximum Gasteiger partial charge on any atom is 0.346 e. The van der Waals surface area contributed by atoms with Gasteiger partial charge < -0.3 is 9.47 Å². The fourth-order valence-corrected chi connectivity index (χ4v) is 0.683. The van der Waals surface area contributed by atoms with Gasteiger partial charge in [-0.2, -0.15) is 17.6 Å². The van der Waals surface area contributed by atoms with Crippen LogP contribution in [-0.4, -0.2) is 37.0 Å². The van der Waals surface area contributed by atoms with Crippen LogP contribution in [0.15, 0.2) is 12.2 Å². The first-order chi connectivity index (χ1) is 7.99. The number of halogens is 4. The summed E-state index contributed by atoms with van der Waals surface area (Å²) in [5, 5.41) is 0. The van der Waals surface area contributed by atoms with E-state index in [1.54, 1.807) is 0 Å². The van der Waals surface area contributed by atoms with E-state index < -0.39 is 37.0 Å². The van der Waals surface area contributed by atoms with Crippen LogP contribution in [-0.2, 0) is 19.1 Å². The third kappa shape index (κ3) is 4.72. The predicted molar refractivity (Wildman–Crippen MR) is 52.3 cm³/mol. The van der Waals surface area contributed by atoms with E-state index in [1.165, 1.54) is 6.92 Å². The zero-order valence-electron chi connectivity index (χ0n) is 9.77. The van der Waals surface area contributed by atoms with Gasteiger partial charge in [0.2, 0.25) is 0 Å². The van der Waals surface area contributed by atoms with E-state index in [9.17, 15) is 27.2 Å². The van der Waals surface area contributed by atoms with Crippen molar-refractivity contribution >= 4 is 11.9 Å². The van der Waals surface area contributed by atoms with Gasteiger partial charge >= 0.3 is 23.8 Å². The molecule has 0 saturated carbocycles. The van der Waals surface area contributed by atoms with Crippen molar-refractivity contribution in [1.82, 2.24) is 0 Å². The molecular formula is C10H12F4O4. The van der Waals surface area contributed by atoms with Crippen molar-refractivity contribution in [3.63, 3.8) is 0 Å². The summed E-state index contributed by atoms with van der Waals surface area (Å²) in [6.45, 7) is 1.46. The van der Waals surface area contributed by atoms with Crippen LogP contribution in [0.3, 0.4) is 0 Å². The molecule has 0 atom stereocenters. The highest BCUT2D eigenvalue weighted by Gasteiger charge is 2.58. The van der Waals surface area contributed by atoms with Crippen molar-refractivity contribution in [1.29, 1.82) is 0 Å². The topological polar surface area (TPSA) is 52.6 Å². The summed E-state index contributed by atoms with van der Waals surface area (Å²) in [5.74, 6) is -11.6. The Kier molecular flexibility index (Phi) is 5.31. The first kappa shape index (κ1) is 16.4. The molecule has 0 fully saturated rings. The summed E-state index contributed by atoms with van der Waals surface area (Å²) in [5.41, 5.74) is -0.200. The number of rotatable bonds is 6. The monoisotopic (exact) mass is 272 g/mol. The lowest BCUT2D eigenvalue weighted by molar-refractivity contribution is -0.246. The number of ether oxygens (including phenoxy) is 2. The summed E-state index contributed by atoms with van der Waals surface area (Å²) >= 11 is 0. The van der Waals surface area contributed by atoms with Crippen LogP contribution >= 0.6 is 0 Å². The van der Waals surface area contributed by atoms with Gasteiger partial charge in [-0.1, -0.05) is 6.58 Å². The molecule has 18 heavy (non-hydrogen) atoms. The highest BCUT2D eigenvalue weighted by molar-refractivity contribution is 5.86. The second kappa shape index (κ2) is 5.83. The van der Waals surface area contributed by atoms with Crippen molar-refractivity contribution in [2.75, 3.05) is 13.2 Å². The molecule has 0 bridgehead atoms. The minimum absolute atomic E-state index is 0.200. The highest BCUT2D eigenvalue weighted by Crippen LogP contribution is 2.34. The quantitative estimate of drug-likeness (QED) is 0.421. The van der Waals surface area contributed by atoms with Crippen molar-refractivity contribution in [2.45, 2.75) is 25.7 Å². The number of hydrogen-bond acceptors (Lipinski definition) is 4. The van der Waals surface area contributed by atoms with Crippen LogP contribution in [0, 0.1) is 0 Å². The van der Waals surface area contributed by atoms with E-state index in [4.69, 9.17) is 0 Å². The smallest absolute Gasteiger partial charge is 0.346 e. The molecule has 8 heteroatoms. The van der Waals surface area contributed by atoms with E-state index in [1.807, 2.05) is 0 Å². The third-order valence-corrected chi connectivity index (χ3v) is 1.72. The summed E-state index contributed by atoms with van der Waals surface area (Å²) in [6.07, 6.45) is 0. The Morgan fingerprint density at radius 3 is 1.72 bits per heavy atom. The second-order valence-electron chi connectivity index (χ2n) is 3.55. The van der Waals surface area contributed by atoms with Gasteiger partial charge in [0, 0.05) is 12.5 Å².